The van der Waals surface area contributed by atoms with Crippen molar-refractivity contribution in [2.24, 2.45) is 17.8 Å². The van der Waals surface area contributed by atoms with Gasteiger partial charge >= 0.3 is 12.4 Å². The SMILES string of the molecule is CCCC1CCC(/C=C/C2CCC(c3ccc(OC)c(C(F)(F)F)c3C(F)(F)F)CC2)CC1. The van der Waals surface area contributed by atoms with Gasteiger partial charge in [0.1, 0.15) is 11.3 Å². The summed E-state index contributed by atoms with van der Waals surface area (Å²) < 4.78 is 86.9. The number of halogens is 6. The van der Waals surface area contributed by atoms with Crippen molar-refractivity contribution in [2.45, 2.75) is 89.4 Å². The Morgan fingerprint density at radius 3 is 1.76 bits per heavy atom. The van der Waals surface area contributed by atoms with E-state index in [9.17, 15) is 26.3 Å². The number of ether oxygens (including phenoxy) is 1. The van der Waals surface area contributed by atoms with Gasteiger partial charge in [0.05, 0.1) is 12.7 Å². The zero-order valence-electron chi connectivity index (χ0n) is 19.4. The minimum atomic E-state index is -5.15. The van der Waals surface area contributed by atoms with Crippen LogP contribution in [0.4, 0.5) is 26.3 Å². The summed E-state index contributed by atoms with van der Waals surface area (Å²) in [6.07, 6.45) is 3.93. The third-order valence-electron chi connectivity index (χ3n) is 7.44. The van der Waals surface area contributed by atoms with E-state index in [4.69, 9.17) is 0 Å². The zero-order chi connectivity index (χ0) is 24.2. The Balaban J connectivity index is 1.69. The fourth-order valence-corrected chi connectivity index (χ4v) is 5.71. The molecule has 0 aliphatic heterocycles. The summed E-state index contributed by atoms with van der Waals surface area (Å²) >= 11 is 0. The van der Waals surface area contributed by atoms with Crippen molar-refractivity contribution in [1.29, 1.82) is 0 Å². The second-order valence-corrected chi connectivity index (χ2v) is 9.67. The molecule has 2 aliphatic rings. The van der Waals surface area contributed by atoms with Crippen LogP contribution in [-0.4, -0.2) is 7.11 Å². The van der Waals surface area contributed by atoms with Gasteiger partial charge in [0, 0.05) is 0 Å². The van der Waals surface area contributed by atoms with Crippen molar-refractivity contribution in [3.05, 3.63) is 41.0 Å². The molecule has 0 unspecified atom stereocenters. The molecule has 1 aromatic rings. The molecule has 33 heavy (non-hydrogen) atoms. The van der Waals surface area contributed by atoms with Gasteiger partial charge in [0.15, 0.2) is 0 Å². The van der Waals surface area contributed by atoms with Crippen LogP contribution in [0.5, 0.6) is 5.75 Å². The summed E-state index contributed by atoms with van der Waals surface area (Å²) in [4.78, 5) is 0. The van der Waals surface area contributed by atoms with Gasteiger partial charge in [0.25, 0.3) is 0 Å². The molecule has 0 amide bonds. The summed E-state index contributed by atoms with van der Waals surface area (Å²) in [6, 6.07) is 2.20. The van der Waals surface area contributed by atoms with Crippen molar-refractivity contribution >= 4 is 0 Å². The predicted octanol–water partition coefficient (Wildman–Crippen LogP) is 9.17. The molecule has 0 heterocycles. The number of alkyl halides is 6. The Kier molecular flexibility index (Phi) is 8.44. The summed E-state index contributed by atoms with van der Waals surface area (Å²) in [5.74, 6) is 0.364. The maximum absolute atomic E-state index is 13.8. The molecule has 0 bridgehead atoms. The minimum Gasteiger partial charge on any atom is -0.496 e. The minimum absolute atomic E-state index is 0.257. The summed E-state index contributed by atoms with van der Waals surface area (Å²) in [5.41, 5.74) is -3.56. The molecule has 3 rings (SSSR count). The standard InChI is InChI=1S/C26H34F6O/c1-3-4-17-5-7-18(8-6-17)9-10-19-11-13-20(14-12-19)21-15-16-22(33-2)24(26(30,31)32)23(21)25(27,28)29/h9-10,15-20H,3-8,11-14H2,1-2H3/b10-9+. The van der Waals surface area contributed by atoms with E-state index in [1.54, 1.807) is 0 Å². The highest BCUT2D eigenvalue weighted by atomic mass is 19.4. The third-order valence-corrected chi connectivity index (χ3v) is 7.44. The van der Waals surface area contributed by atoms with E-state index in [0.29, 0.717) is 31.6 Å². The molecule has 186 valence electrons. The quantitative estimate of drug-likeness (QED) is 0.294. The van der Waals surface area contributed by atoms with E-state index in [-0.39, 0.29) is 11.5 Å². The number of methoxy groups -OCH3 is 1. The van der Waals surface area contributed by atoms with Crippen molar-refractivity contribution in [3.8, 4) is 5.75 Å². The summed E-state index contributed by atoms with van der Waals surface area (Å²) in [6.45, 7) is 2.22. The number of rotatable bonds is 6. The fourth-order valence-electron chi connectivity index (χ4n) is 5.71. The lowest BCUT2D eigenvalue weighted by molar-refractivity contribution is -0.163. The van der Waals surface area contributed by atoms with Crippen molar-refractivity contribution in [2.75, 3.05) is 7.11 Å². The molecule has 7 heteroatoms. The molecule has 1 nitrogen and oxygen atoms in total. The van der Waals surface area contributed by atoms with Crippen LogP contribution in [0.15, 0.2) is 24.3 Å². The van der Waals surface area contributed by atoms with Crippen molar-refractivity contribution < 1.29 is 31.1 Å². The Bertz CT molecular complexity index is 794. The first-order chi connectivity index (χ1) is 15.5. The predicted molar refractivity (Wildman–Crippen MR) is 117 cm³/mol. The summed E-state index contributed by atoms with van der Waals surface area (Å²) in [5, 5.41) is 0. The van der Waals surface area contributed by atoms with Gasteiger partial charge in [-0.3, -0.25) is 0 Å². The second-order valence-electron chi connectivity index (χ2n) is 9.67. The van der Waals surface area contributed by atoms with Gasteiger partial charge in [-0.15, -0.1) is 0 Å². The molecule has 0 atom stereocenters. The molecular weight excluding hydrogens is 442 g/mol. The monoisotopic (exact) mass is 476 g/mol. The van der Waals surface area contributed by atoms with E-state index in [1.807, 2.05) is 0 Å². The molecule has 0 saturated heterocycles. The molecule has 0 aromatic heterocycles. The largest absolute Gasteiger partial charge is 0.496 e. The maximum Gasteiger partial charge on any atom is 0.420 e. The van der Waals surface area contributed by atoms with Crippen LogP contribution in [0.1, 0.15) is 93.7 Å². The van der Waals surface area contributed by atoms with E-state index < -0.39 is 35.1 Å². The van der Waals surface area contributed by atoms with Gasteiger partial charge in [-0.1, -0.05) is 38.0 Å². The number of benzene rings is 1. The van der Waals surface area contributed by atoms with Crippen LogP contribution in [0, 0.1) is 17.8 Å². The normalized spacial score (nSPS) is 27.2. The highest BCUT2D eigenvalue weighted by molar-refractivity contribution is 5.50. The van der Waals surface area contributed by atoms with Crippen LogP contribution in [-0.2, 0) is 12.4 Å². The lowest BCUT2D eigenvalue weighted by Crippen LogP contribution is -2.23. The average Bonchev–Trinajstić information content (AvgIpc) is 2.77. The number of allylic oxidation sites excluding steroid dienone is 2. The van der Waals surface area contributed by atoms with Gasteiger partial charge in [0.2, 0.25) is 0 Å². The van der Waals surface area contributed by atoms with E-state index >= 15 is 0 Å². The van der Waals surface area contributed by atoms with Crippen molar-refractivity contribution in [3.63, 3.8) is 0 Å². The first-order valence-electron chi connectivity index (χ1n) is 12.1. The zero-order valence-corrected chi connectivity index (χ0v) is 19.4. The number of hydrogen-bond acceptors (Lipinski definition) is 1. The average molecular weight is 477 g/mol. The Morgan fingerprint density at radius 2 is 1.30 bits per heavy atom. The van der Waals surface area contributed by atoms with Crippen LogP contribution < -0.4 is 4.74 Å². The highest BCUT2D eigenvalue weighted by Crippen LogP contribution is 2.50. The van der Waals surface area contributed by atoms with Gasteiger partial charge in [-0.2, -0.15) is 26.3 Å². The van der Waals surface area contributed by atoms with Crippen LogP contribution in [0.2, 0.25) is 0 Å². The third kappa shape index (κ3) is 6.48. The molecule has 2 fully saturated rings. The second kappa shape index (κ2) is 10.7. The molecule has 2 saturated carbocycles. The summed E-state index contributed by atoms with van der Waals surface area (Å²) in [7, 11) is 0.957. The fraction of sp³-hybridized carbons (Fsp3) is 0.692. The molecule has 0 spiro atoms. The topological polar surface area (TPSA) is 9.23 Å². The van der Waals surface area contributed by atoms with Gasteiger partial charge in [-0.25, -0.2) is 0 Å². The van der Waals surface area contributed by atoms with Gasteiger partial charge < -0.3 is 4.74 Å². The van der Waals surface area contributed by atoms with Crippen LogP contribution in [0.25, 0.3) is 0 Å². The Hall–Kier alpha value is -1.66. The molecular formula is C26H34F6O. The van der Waals surface area contributed by atoms with Crippen molar-refractivity contribution in [1.82, 2.24) is 0 Å². The smallest absolute Gasteiger partial charge is 0.420 e. The maximum atomic E-state index is 13.8. The highest BCUT2D eigenvalue weighted by Gasteiger charge is 2.48. The lowest BCUT2D eigenvalue weighted by atomic mass is 9.75. The molecule has 0 radical (unpaired) electrons. The molecule has 1 aromatic carbocycles. The lowest BCUT2D eigenvalue weighted by Gasteiger charge is -2.31. The van der Waals surface area contributed by atoms with E-state index in [1.165, 1.54) is 44.6 Å². The van der Waals surface area contributed by atoms with E-state index in [0.717, 1.165) is 19.1 Å². The molecule has 0 N–H and O–H groups in total. The first kappa shape index (κ1) is 26.0. The molecule has 2 aliphatic carbocycles. The van der Waals surface area contributed by atoms with Crippen LogP contribution in [0.3, 0.4) is 0 Å². The first-order valence-corrected chi connectivity index (χ1v) is 12.1. The van der Waals surface area contributed by atoms with E-state index in [2.05, 4.69) is 23.8 Å². The Morgan fingerprint density at radius 1 is 0.788 bits per heavy atom. The number of hydrogen-bond donors (Lipinski definition) is 0. The van der Waals surface area contributed by atoms with Gasteiger partial charge in [-0.05, 0) is 86.7 Å². The Labute approximate surface area is 192 Å². The van der Waals surface area contributed by atoms with Crippen LogP contribution >= 0.6 is 0 Å².